The maximum absolute atomic E-state index is 13.0. The summed E-state index contributed by atoms with van der Waals surface area (Å²) in [6, 6.07) is -0.641. The Hall–Kier alpha value is -1.69. The molecule has 3 fully saturated rings. The fourth-order valence-electron chi connectivity index (χ4n) is 4.86. The van der Waals surface area contributed by atoms with Crippen molar-refractivity contribution in [1.29, 1.82) is 0 Å². The van der Waals surface area contributed by atoms with Gasteiger partial charge in [0.25, 0.3) is 0 Å². The van der Waals surface area contributed by atoms with E-state index in [-0.39, 0.29) is 41.4 Å². The number of ether oxygens (including phenoxy) is 1. The van der Waals surface area contributed by atoms with E-state index in [2.05, 4.69) is 12.2 Å². The fourth-order valence-corrected chi connectivity index (χ4v) is 4.86. The monoisotopic (exact) mass is 332 g/mol. The Morgan fingerprint density at radius 1 is 1.17 bits per heavy atom. The first-order chi connectivity index (χ1) is 11.6. The summed E-state index contributed by atoms with van der Waals surface area (Å²) >= 11 is 0. The molecule has 24 heavy (non-hydrogen) atoms. The molecule has 2 saturated heterocycles. The molecule has 0 aromatic carbocycles. The molecule has 2 heterocycles. The number of amides is 3. The molecule has 0 radical (unpaired) electrons. The minimum atomic E-state index is -0.641. The van der Waals surface area contributed by atoms with Gasteiger partial charge in [0.2, 0.25) is 17.7 Å². The van der Waals surface area contributed by atoms with Gasteiger partial charge in [-0.05, 0) is 24.7 Å². The van der Waals surface area contributed by atoms with Gasteiger partial charge < -0.3 is 9.64 Å². The molecule has 1 saturated carbocycles. The lowest BCUT2D eigenvalue weighted by Crippen LogP contribution is -2.54. The second kappa shape index (κ2) is 5.99. The Morgan fingerprint density at radius 2 is 1.75 bits per heavy atom. The number of morpholine rings is 1. The standard InChI is InChI=1S/C18H24N2O4/c1-2-3-13(16(21)19-6-8-24-9-7-19)20-17(22)14-11-4-5-12(10-11)15(14)18(20)23/h4-5,11-15H,2-3,6-10H2,1H3/t11-,12+,13-,14-,15+/m0/s1. The zero-order valence-corrected chi connectivity index (χ0v) is 14.0. The number of hydrogen-bond acceptors (Lipinski definition) is 4. The van der Waals surface area contributed by atoms with Crippen LogP contribution < -0.4 is 0 Å². The first-order valence-corrected chi connectivity index (χ1v) is 9.05. The van der Waals surface area contributed by atoms with Crippen LogP contribution in [0.25, 0.3) is 0 Å². The Labute approximate surface area is 141 Å². The number of carbonyl (C=O) groups is 3. The van der Waals surface area contributed by atoms with E-state index in [0.717, 1.165) is 12.8 Å². The normalized spacial score (nSPS) is 35.7. The van der Waals surface area contributed by atoms with E-state index in [0.29, 0.717) is 32.7 Å². The average molecular weight is 332 g/mol. The maximum atomic E-state index is 13.0. The van der Waals surface area contributed by atoms with Crippen LogP contribution in [-0.4, -0.2) is 59.9 Å². The Morgan fingerprint density at radius 3 is 2.29 bits per heavy atom. The van der Waals surface area contributed by atoms with Crippen molar-refractivity contribution in [3.05, 3.63) is 12.2 Å². The SMILES string of the molecule is CCC[C@@H](C(=O)N1CCOCC1)N1C(=O)[C@@H]2[C@H](C1=O)[C@@H]1C=C[C@H]2C1. The van der Waals surface area contributed by atoms with Crippen LogP contribution in [0.4, 0.5) is 0 Å². The molecule has 0 unspecified atom stereocenters. The highest BCUT2D eigenvalue weighted by atomic mass is 16.5. The van der Waals surface area contributed by atoms with Gasteiger partial charge in [0.15, 0.2) is 0 Å². The zero-order valence-electron chi connectivity index (χ0n) is 14.0. The molecule has 0 aromatic rings. The molecule has 4 aliphatic rings. The van der Waals surface area contributed by atoms with Crippen molar-refractivity contribution in [3.8, 4) is 0 Å². The van der Waals surface area contributed by atoms with E-state index in [1.165, 1.54) is 4.90 Å². The molecule has 6 nitrogen and oxygen atoms in total. The summed E-state index contributed by atoms with van der Waals surface area (Å²) in [6.07, 6.45) is 6.38. The maximum Gasteiger partial charge on any atom is 0.246 e. The van der Waals surface area contributed by atoms with Crippen LogP contribution in [0, 0.1) is 23.7 Å². The number of fused-ring (bicyclic) bond motifs is 5. The van der Waals surface area contributed by atoms with Crippen molar-refractivity contribution >= 4 is 17.7 Å². The van der Waals surface area contributed by atoms with Crippen LogP contribution in [0.15, 0.2) is 12.2 Å². The number of nitrogens with zero attached hydrogens (tertiary/aromatic N) is 2. The van der Waals surface area contributed by atoms with E-state index >= 15 is 0 Å². The van der Waals surface area contributed by atoms with E-state index in [1.807, 2.05) is 6.92 Å². The lowest BCUT2D eigenvalue weighted by Gasteiger charge is -2.34. The van der Waals surface area contributed by atoms with Gasteiger partial charge in [-0.25, -0.2) is 0 Å². The number of hydrogen-bond donors (Lipinski definition) is 0. The van der Waals surface area contributed by atoms with Crippen molar-refractivity contribution in [2.45, 2.75) is 32.2 Å². The van der Waals surface area contributed by atoms with Gasteiger partial charge in [-0.15, -0.1) is 0 Å². The van der Waals surface area contributed by atoms with Crippen molar-refractivity contribution in [2.24, 2.45) is 23.7 Å². The number of carbonyl (C=O) groups excluding carboxylic acids is 3. The van der Waals surface area contributed by atoms with Crippen LogP contribution in [-0.2, 0) is 19.1 Å². The highest BCUT2D eigenvalue weighted by Gasteiger charge is 2.61. The molecule has 4 rings (SSSR count). The summed E-state index contributed by atoms with van der Waals surface area (Å²) in [4.78, 5) is 42.0. The smallest absolute Gasteiger partial charge is 0.246 e. The topological polar surface area (TPSA) is 66.9 Å². The number of imide groups is 1. The molecule has 2 aliphatic heterocycles. The van der Waals surface area contributed by atoms with Crippen LogP contribution in [0.2, 0.25) is 0 Å². The van der Waals surface area contributed by atoms with E-state index in [1.54, 1.807) is 4.90 Å². The number of rotatable bonds is 4. The Bertz CT molecular complexity index is 566. The third-order valence-corrected chi connectivity index (χ3v) is 5.99. The summed E-state index contributed by atoms with van der Waals surface area (Å²) in [5, 5.41) is 0. The summed E-state index contributed by atoms with van der Waals surface area (Å²) in [5.74, 6) is -0.441. The van der Waals surface area contributed by atoms with Crippen molar-refractivity contribution in [3.63, 3.8) is 0 Å². The number of likely N-dealkylation sites (tertiary alicyclic amines) is 1. The lowest BCUT2D eigenvalue weighted by molar-refractivity contribution is -0.154. The lowest BCUT2D eigenvalue weighted by atomic mass is 9.85. The molecule has 0 N–H and O–H groups in total. The van der Waals surface area contributed by atoms with Gasteiger partial charge in [-0.3, -0.25) is 19.3 Å². The van der Waals surface area contributed by atoms with Crippen LogP contribution in [0.5, 0.6) is 0 Å². The molecule has 3 amide bonds. The van der Waals surface area contributed by atoms with Gasteiger partial charge >= 0.3 is 0 Å². The van der Waals surface area contributed by atoms with Crippen LogP contribution >= 0.6 is 0 Å². The largest absolute Gasteiger partial charge is 0.378 e. The molecule has 5 atom stereocenters. The van der Waals surface area contributed by atoms with Gasteiger partial charge in [0, 0.05) is 13.1 Å². The molecule has 6 heteroatoms. The number of allylic oxidation sites excluding steroid dienone is 2. The minimum absolute atomic E-state index is 0.0953. The van der Waals surface area contributed by atoms with Gasteiger partial charge in [-0.2, -0.15) is 0 Å². The predicted molar refractivity (Wildman–Crippen MR) is 85.7 cm³/mol. The van der Waals surface area contributed by atoms with Crippen molar-refractivity contribution in [1.82, 2.24) is 9.80 Å². The highest BCUT2D eigenvalue weighted by Crippen LogP contribution is 2.53. The minimum Gasteiger partial charge on any atom is -0.378 e. The van der Waals surface area contributed by atoms with Gasteiger partial charge in [0.05, 0.1) is 25.0 Å². The van der Waals surface area contributed by atoms with Gasteiger partial charge in [-0.1, -0.05) is 25.5 Å². The first kappa shape index (κ1) is 15.8. The average Bonchev–Trinajstić information content (AvgIpc) is 3.28. The first-order valence-electron chi connectivity index (χ1n) is 9.05. The molecule has 0 aromatic heterocycles. The van der Waals surface area contributed by atoms with Crippen molar-refractivity contribution in [2.75, 3.05) is 26.3 Å². The van der Waals surface area contributed by atoms with E-state index < -0.39 is 6.04 Å². The summed E-state index contributed by atoms with van der Waals surface area (Å²) < 4.78 is 5.30. The second-order valence-electron chi connectivity index (χ2n) is 7.29. The molecule has 0 spiro atoms. The molecular weight excluding hydrogens is 308 g/mol. The second-order valence-corrected chi connectivity index (χ2v) is 7.29. The highest BCUT2D eigenvalue weighted by molar-refractivity contribution is 6.09. The molecular formula is C18H24N2O4. The summed E-state index contributed by atoms with van der Waals surface area (Å²) in [6.45, 7) is 4.10. The third-order valence-electron chi connectivity index (χ3n) is 5.99. The summed E-state index contributed by atoms with van der Waals surface area (Å²) in [5.41, 5.74) is 0. The quantitative estimate of drug-likeness (QED) is 0.565. The van der Waals surface area contributed by atoms with Gasteiger partial charge in [0.1, 0.15) is 6.04 Å². The van der Waals surface area contributed by atoms with Crippen LogP contribution in [0.1, 0.15) is 26.2 Å². The Balaban J connectivity index is 1.58. The zero-order chi connectivity index (χ0) is 16.8. The van der Waals surface area contributed by atoms with E-state index in [4.69, 9.17) is 4.74 Å². The molecule has 2 bridgehead atoms. The Kier molecular flexibility index (Phi) is 3.95. The predicted octanol–water partition coefficient (Wildman–Crippen LogP) is 0.821. The molecule has 130 valence electrons. The van der Waals surface area contributed by atoms with Crippen molar-refractivity contribution < 1.29 is 19.1 Å². The van der Waals surface area contributed by atoms with Crippen LogP contribution in [0.3, 0.4) is 0 Å². The summed E-state index contributed by atoms with van der Waals surface area (Å²) in [7, 11) is 0. The van der Waals surface area contributed by atoms with E-state index in [9.17, 15) is 14.4 Å². The molecule has 2 aliphatic carbocycles. The fraction of sp³-hybridized carbons (Fsp3) is 0.722. The third kappa shape index (κ3) is 2.23.